The number of guanidine groups is 1. The molecule has 0 radical (unpaired) electrons. The van der Waals surface area contributed by atoms with Crippen molar-refractivity contribution in [2.75, 3.05) is 20.6 Å². The number of aliphatic imine (C=N–C) groups is 1. The molecular formula is C19H27IN6. The SMILES string of the molecule is CN=C(NCCn1c(C)nc2ccccc21)N(C)Cc1cccn1C.I. The molecule has 0 aliphatic rings. The molecule has 1 aromatic carbocycles. The number of benzene rings is 1. The van der Waals surface area contributed by atoms with E-state index >= 15 is 0 Å². The summed E-state index contributed by atoms with van der Waals surface area (Å²) in [7, 11) is 5.94. The highest BCUT2D eigenvalue weighted by molar-refractivity contribution is 14.0. The first-order valence-electron chi connectivity index (χ1n) is 8.54. The number of aromatic nitrogens is 3. The van der Waals surface area contributed by atoms with Crippen LogP contribution in [0.15, 0.2) is 47.6 Å². The Balaban J connectivity index is 0.00000243. The van der Waals surface area contributed by atoms with Crippen LogP contribution in [0.2, 0.25) is 0 Å². The summed E-state index contributed by atoms with van der Waals surface area (Å²) in [6, 6.07) is 12.4. The van der Waals surface area contributed by atoms with Crippen molar-refractivity contribution in [3.8, 4) is 0 Å². The van der Waals surface area contributed by atoms with Crippen LogP contribution >= 0.6 is 24.0 Å². The molecule has 0 unspecified atom stereocenters. The minimum Gasteiger partial charge on any atom is -0.354 e. The predicted octanol–water partition coefficient (Wildman–Crippen LogP) is 3.01. The molecule has 0 saturated heterocycles. The third kappa shape index (κ3) is 4.38. The van der Waals surface area contributed by atoms with E-state index in [1.807, 2.05) is 13.1 Å². The van der Waals surface area contributed by atoms with Crippen LogP contribution in [0, 0.1) is 6.92 Å². The summed E-state index contributed by atoms with van der Waals surface area (Å²) in [4.78, 5) is 11.1. The normalized spacial score (nSPS) is 11.5. The second kappa shape index (κ2) is 9.07. The van der Waals surface area contributed by atoms with E-state index < -0.39 is 0 Å². The maximum atomic E-state index is 4.62. The smallest absolute Gasteiger partial charge is 0.193 e. The van der Waals surface area contributed by atoms with E-state index in [0.717, 1.165) is 36.9 Å². The third-order valence-corrected chi connectivity index (χ3v) is 4.49. The van der Waals surface area contributed by atoms with Crippen molar-refractivity contribution in [3.05, 3.63) is 54.1 Å². The summed E-state index contributed by atoms with van der Waals surface area (Å²) in [6.07, 6.45) is 2.06. The van der Waals surface area contributed by atoms with Gasteiger partial charge in [0.2, 0.25) is 0 Å². The average Bonchev–Trinajstić information content (AvgIpc) is 3.14. The first kappa shape index (κ1) is 20.3. The van der Waals surface area contributed by atoms with Gasteiger partial charge >= 0.3 is 0 Å². The minimum atomic E-state index is 0. The molecular weight excluding hydrogens is 439 g/mol. The Hall–Kier alpha value is -2.03. The Bertz CT molecular complexity index is 879. The van der Waals surface area contributed by atoms with Crippen molar-refractivity contribution in [2.24, 2.45) is 12.0 Å². The van der Waals surface area contributed by atoms with E-state index in [0.29, 0.717) is 0 Å². The number of para-hydroxylation sites is 2. The average molecular weight is 466 g/mol. The Morgan fingerprint density at radius 1 is 1.23 bits per heavy atom. The quantitative estimate of drug-likeness (QED) is 0.358. The van der Waals surface area contributed by atoms with Gasteiger partial charge in [-0.05, 0) is 31.2 Å². The molecule has 0 fully saturated rings. The summed E-state index contributed by atoms with van der Waals surface area (Å²) in [6.45, 7) is 4.52. The van der Waals surface area contributed by atoms with E-state index in [9.17, 15) is 0 Å². The number of hydrogen-bond acceptors (Lipinski definition) is 2. The molecule has 0 amide bonds. The zero-order valence-corrected chi connectivity index (χ0v) is 18.1. The van der Waals surface area contributed by atoms with E-state index in [1.54, 1.807) is 0 Å². The van der Waals surface area contributed by atoms with Crippen LogP contribution in [0.3, 0.4) is 0 Å². The van der Waals surface area contributed by atoms with Crippen molar-refractivity contribution >= 4 is 41.0 Å². The molecule has 0 aliphatic heterocycles. The van der Waals surface area contributed by atoms with Crippen molar-refractivity contribution in [1.29, 1.82) is 0 Å². The number of nitrogens with one attached hydrogen (secondary N) is 1. The fourth-order valence-electron chi connectivity index (χ4n) is 3.12. The second-order valence-corrected chi connectivity index (χ2v) is 6.24. The Morgan fingerprint density at radius 3 is 2.69 bits per heavy atom. The third-order valence-electron chi connectivity index (χ3n) is 4.49. The lowest BCUT2D eigenvalue weighted by Gasteiger charge is -2.22. The van der Waals surface area contributed by atoms with Gasteiger partial charge in [-0.25, -0.2) is 4.98 Å². The summed E-state index contributed by atoms with van der Waals surface area (Å²) >= 11 is 0. The van der Waals surface area contributed by atoms with Crippen LogP contribution in [-0.2, 0) is 20.1 Å². The molecule has 3 rings (SSSR count). The van der Waals surface area contributed by atoms with Gasteiger partial charge in [-0.1, -0.05) is 12.1 Å². The Kier molecular flexibility index (Phi) is 7.07. The number of hydrogen-bond donors (Lipinski definition) is 1. The zero-order valence-electron chi connectivity index (χ0n) is 15.8. The van der Waals surface area contributed by atoms with Gasteiger partial charge in [0.15, 0.2) is 5.96 Å². The van der Waals surface area contributed by atoms with Crippen molar-refractivity contribution < 1.29 is 0 Å². The predicted molar refractivity (Wildman–Crippen MR) is 118 cm³/mol. The van der Waals surface area contributed by atoms with Gasteiger partial charge in [0.25, 0.3) is 0 Å². The molecule has 2 aromatic heterocycles. The molecule has 0 aliphatic carbocycles. The van der Waals surface area contributed by atoms with E-state index in [1.165, 1.54) is 11.2 Å². The molecule has 0 atom stereocenters. The Labute approximate surface area is 171 Å². The Morgan fingerprint density at radius 2 is 2.00 bits per heavy atom. The largest absolute Gasteiger partial charge is 0.354 e. The standard InChI is InChI=1S/C19H26N6.HI/c1-15-22-17-9-5-6-10-18(17)25(15)13-11-21-19(20-2)24(4)14-16-8-7-12-23(16)3;/h5-10,12H,11,13-14H2,1-4H3,(H,20,21);1H. The van der Waals surface area contributed by atoms with Gasteiger partial charge in [0.1, 0.15) is 5.82 Å². The molecule has 1 N–H and O–H groups in total. The summed E-state index contributed by atoms with van der Waals surface area (Å²) in [5, 5.41) is 3.45. The first-order valence-corrected chi connectivity index (χ1v) is 8.54. The van der Waals surface area contributed by atoms with Gasteiger partial charge in [-0.2, -0.15) is 0 Å². The van der Waals surface area contributed by atoms with Crippen LogP contribution < -0.4 is 5.32 Å². The molecule has 7 heteroatoms. The molecule has 6 nitrogen and oxygen atoms in total. The van der Waals surface area contributed by atoms with Crippen LogP contribution in [-0.4, -0.2) is 45.6 Å². The van der Waals surface area contributed by atoms with Crippen LogP contribution in [0.1, 0.15) is 11.5 Å². The van der Waals surface area contributed by atoms with Gasteiger partial charge in [-0.3, -0.25) is 4.99 Å². The monoisotopic (exact) mass is 466 g/mol. The highest BCUT2D eigenvalue weighted by Crippen LogP contribution is 2.14. The first-order chi connectivity index (χ1) is 12.1. The lowest BCUT2D eigenvalue weighted by molar-refractivity contribution is 0.459. The molecule has 0 bridgehead atoms. The zero-order chi connectivity index (χ0) is 17.8. The molecule has 0 saturated carbocycles. The van der Waals surface area contributed by atoms with Gasteiger partial charge in [-0.15, -0.1) is 24.0 Å². The minimum absolute atomic E-state index is 0. The van der Waals surface area contributed by atoms with Gasteiger partial charge in [0, 0.05) is 46.1 Å². The van der Waals surface area contributed by atoms with Crippen LogP contribution in [0.5, 0.6) is 0 Å². The molecule has 0 spiro atoms. The molecule has 2 heterocycles. The molecule has 3 aromatic rings. The van der Waals surface area contributed by atoms with Crippen molar-refractivity contribution in [1.82, 2.24) is 24.3 Å². The summed E-state index contributed by atoms with van der Waals surface area (Å²) in [5.41, 5.74) is 3.47. The summed E-state index contributed by atoms with van der Waals surface area (Å²) in [5.74, 6) is 1.93. The lowest BCUT2D eigenvalue weighted by atomic mass is 10.3. The molecule has 140 valence electrons. The van der Waals surface area contributed by atoms with E-state index in [-0.39, 0.29) is 24.0 Å². The number of aryl methyl sites for hydroxylation is 2. The van der Waals surface area contributed by atoms with Crippen LogP contribution in [0.4, 0.5) is 0 Å². The highest BCUT2D eigenvalue weighted by Gasteiger charge is 2.10. The van der Waals surface area contributed by atoms with Crippen LogP contribution in [0.25, 0.3) is 11.0 Å². The number of nitrogens with zero attached hydrogens (tertiary/aromatic N) is 5. The maximum absolute atomic E-state index is 4.62. The molecule has 26 heavy (non-hydrogen) atoms. The maximum Gasteiger partial charge on any atom is 0.193 e. The second-order valence-electron chi connectivity index (χ2n) is 6.24. The highest BCUT2D eigenvalue weighted by atomic mass is 127. The number of halogens is 1. The van der Waals surface area contributed by atoms with E-state index in [4.69, 9.17) is 0 Å². The number of fused-ring (bicyclic) bond motifs is 1. The lowest BCUT2D eigenvalue weighted by Crippen LogP contribution is -2.40. The van der Waals surface area contributed by atoms with Crippen molar-refractivity contribution in [2.45, 2.75) is 20.0 Å². The van der Waals surface area contributed by atoms with Gasteiger partial charge in [0.05, 0.1) is 17.6 Å². The van der Waals surface area contributed by atoms with Crippen molar-refractivity contribution in [3.63, 3.8) is 0 Å². The van der Waals surface area contributed by atoms with E-state index in [2.05, 4.69) is 86.9 Å². The fourth-order valence-corrected chi connectivity index (χ4v) is 3.12. The fraction of sp³-hybridized carbons (Fsp3) is 0.368. The topological polar surface area (TPSA) is 50.4 Å². The van der Waals surface area contributed by atoms with Gasteiger partial charge < -0.3 is 19.4 Å². The number of rotatable bonds is 5. The number of imidazole rings is 1. The summed E-state index contributed by atoms with van der Waals surface area (Å²) < 4.78 is 4.37.